The third-order valence-electron chi connectivity index (χ3n) is 4.23. The van der Waals surface area contributed by atoms with Gasteiger partial charge in [0.15, 0.2) is 0 Å². The number of methoxy groups -OCH3 is 1. The molecule has 3 rings (SSSR count). The minimum absolute atomic E-state index is 0.0909. The summed E-state index contributed by atoms with van der Waals surface area (Å²) in [7, 11) is 1.68. The summed E-state index contributed by atoms with van der Waals surface area (Å²) in [6.07, 6.45) is 2.21. The number of benzene rings is 1. The number of carbonyl (C=O) groups is 1. The SMILES string of the molecule is COc1cccc(C2CCCN2CC(=O)NCc2cccs2)c1. The molecule has 0 spiro atoms. The van der Waals surface area contributed by atoms with Crippen LogP contribution in [0.2, 0.25) is 0 Å². The zero-order valence-electron chi connectivity index (χ0n) is 13.3. The molecule has 0 radical (unpaired) electrons. The fourth-order valence-electron chi connectivity index (χ4n) is 3.08. The van der Waals surface area contributed by atoms with E-state index in [-0.39, 0.29) is 5.91 Å². The molecule has 1 unspecified atom stereocenters. The summed E-state index contributed by atoms with van der Waals surface area (Å²) >= 11 is 1.67. The van der Waals surface area contributed by atoms with Crippen molar-refractivity contribution in [2.75, 3.05) is 20.2 Å². The number of amides is 1. The van der Waals surface area contributed by atoms with E-state index in [0.29, 0.717) is 19.1 Å². The Morgan fingerprint density at radius 3 is 3.09 bits per heavy atom. The van der Waals surface area contributed by atoms with Crippen LogP contribution >= 0.6 is 11.3 Å². The van der Waals surface area contributed by atoms with Crippen LogP contribution in [0.1, 0.15) is 29.3 Å². The molecular formula is C18H22N2O2S. The predicted molar refractivity (Wildman–Crippen MR) is 92.7 cm³/mol. The molecule has 1 saturated heterocycles. The molecule has 5 heteroatoms. The van der Waals surface area contributed by atoms with Crippen LogP contribution in [0, 0.1) is 0 Å². The molecule has 0 aliphatic carbocycles. The number of rotatable bonds is 6. The third-order valence-corrected chi connectivity index (χ3v) is 5.11. The molecule has 1 atom stereocenters. The fraction of sp³-hybridized carbons (Fsp3) is 0.389. The lowest BCUT2D eigenvalue weighted by atomic mass is 10.0. The van der Waals surface area contributed by atoms with E-state index >= 15 is 0 Å². The molecular weight excluding hydrogens is 308 g/mol. The van der Waals surface area contributed by atoms with Gasteiger partial charge in [-0.2, -0.15) is 0 Å². The monoisotopic (exact) mass is 330 g/mol. The first-order chi connectivity index (χ1) is 11.3. The maximum absolute atomic E-state index is 12.2. The number of carbonyl (C=O) groups excluding carboxylic acids is 1. The normalized spacial score (nSPS) is 18.0. The van der Waals surface area contributed by atoms with Gasteiger partial charge >= 0.3 is 0 Å². The number of thiophene rings is 1. The Morgan fingerprint density at radius 1 is 1.39 bits per heavy atom. The van der Waals surface area contributed by atoms with E-state index in [1.165, 1.54) is 10.4 Å². The summed E-state index contributed by atoms with van der Waals surface area (Å²) < 4.78 is 5.31. The Labute approximate surface area is 141 Å². The molecule has 1 aliphatic heterocycles. The first kappa shape index (κ1) is 16.0. The summed E-state index contributed by atoms with van der Waals surface area (Å²) in [6, 6.07) is 12.5. The smallest absolute Gasteiger partial charge is 0.234 e. The highest BCUT2D eigenvalue weighted by Gasteiger charge is 2.27. The molecule has 1 aromatic carbocycles. The Balaban J connectivity index is 1.58. The highest BCUT2D eigenvalue weighted by atomic mass is 32.1. The summed E-state index contributed by atoms with van der Waals surface area (Å²) in [6.45, 7) is 2.04. The molecule has 1 aliphatic rings. The molecule has 4 nitrogen and oxygen atoms in total. The molecule has 2 aromatic rings. The van der Waals surface area contributed by atoms with Gasteiger partial charge in [0.05, 0.1) is 20.2 Å². The van der Waals surface area contributed by atoms with Gasteiger partial charge in [0, 0.05) is 10.9 Å². The Bertz CT molecular complexity index is 642. The third kappa shape index (κ3) is 4.12. The molecule has 1 amide bonds. The van der Waals surface area contributed by atoms with Crippen molar-refractivity contribution in [1.82, 2.24) is 10.2 Å². The number of ether oxygens (including phenoxy) is 1. The van der Waals surface area contributed by atoms with E-state index in [2.05, 4.69) is 22.3 Å². The first-order valence-corrected chi connectivity index (χ1v) is 8.81. The van der Waals surface area contributed by atoms with Crippen LogP contribution < -0.4 is 10.1 Å². The van der Waals surface area contributed by atoms with E-state index in [1.54, 1.807) is 18.4 Å². The Morgan fingerprint density at radius 2 is 2.30 bits per heavy atom. The van der Waals surface area contributed by atoms with Crippen LogP contribution in [0.15, 0.2) is 41.8 Å². The molecule has 122 valence electrons. The maximum atomic E-state index is 12.2. The van der Waals surface area contributed by atoms with Crippen LogP contribution in [0.25, 0.3) is 0 Å². The number of hydrogen-bond donors (Lipinski definition) is 1. The van der Waals surface area contributed by atoms with Crippen molar-refractivity contribution in [2.45, 2.75) is 25.4 Å². The molecule has 1 aromatic heterocycles. The summed E-state index contributed by atoms with van der Waals surface area (Å²) in [5.74, 6) is 0.963. The minimum Gasteiger partial charge on any atom is -0.497 e. The van der Waals surface area contributed by atoms with Gasteiger partial charge in [0.1, 0.15) is 5.75 Å². The van der Waals surface area contributed by atoms with Crippen molar-refractivity contribution in [2.24, 2.45) is 0 Å². The van der Waals surface area contributed by atoms with Gasteiger partial charge in [0.25, 0.3) is 0 Å². The average molecular weight is 330 g/mol. The zero-order chi connectivity index (χ0) is 16.1. The standard InChI is InChI=1S/C18H22N2O2S/c1-22-15-6-2-5-14(11-15)17-8-3-9-20(17)13-18(21)19-12-16-7-4-10-23-16/h2,4-7,10-11,17H,3,8-9,12-13H2,1H3,(H,19,21). The van der Waals surface area contributed by atoms with E-state index in [1.807, 2.05) is 29.6 Å². The lowest BCUT2D eigenvalue weighted by Crippen LogP contribution is -2.36. The number of likely N-dealkylation sites (tertiary alicyclic amines) is 1. The van der Waals surface area contributed by atoms with Crippen molar-refractivity contribution in [1.29, 1.82) is 0 Å². The van der Waals surface area contributed by atoms with E-state index in [0.717, 1.165) is 25.1 Å². The summed E-state index contributed by atoms with van der Waals surface area (Å²) in [5.41, 5.74) is 1.23. The van der Waals surface area contributed by atoms with Crippen LogP contribution in [0.5, 0.6) is 5.75 Å². The van der Waals surface area contributed by atoms with Crippen molar-refractivity contribution >= 4 is 17.2 Å². The zero-order valence-corrected chi connectivity index (χ0v) is 14.1. The molecule has 1 N–H and O–H groups in total. The van der Waals surface area contributed by atoms with Gasteiger partial charge in [0.2, 0.25) is 5.91 Å². The minimum atomic E-state index is 0.0909. The van der Waals surface area contributed by atoms with Crippen molar-refractivity contribution in [3.8, 4) is 5.75 Å². The largest absolute Gasteiger partial charge is 0.497 e. The van der Waals surface area contributed by atoms with Gasteiger partial charge in [-0.05, 0) is 48.5 Å². The lowest BCUT2D eigenvalue weighted by molar-refractivity contribution is -0.122. The Kier molecular flexibility index (Phi) is 5.31. The first-order valence-electron chi connectivity index (χ1n) is 7.93. The summed E-state index contributed by atoms with van der Waals surface area (Å²) in [4.78, 5) is 15.7. The molecule has 2 heterocycles. The van der Waals surface area contributed by atoms with E-state index in [4.69, 9.17) is 4.74 Å². The van der Waals surface area contributed by atoms with E-state index in [9.17, 15) is 4.79 Å². The highest BCUT2D eigenvalue weighted by molar-refractivity contribution is 7.09. The van der Waals surface area contributed by atoms with Gasteiger partial charge < -0.3 is 10.1 Å². The van der Waals surface area contributed by atoms with Crippen LogP contribution in [-0.2, 0) is 11.3 Å². The number of nitrogens with one attached hydrogen (secondary N) is 1. The highest BCUT2D eigenvalue weighted by Crippen LogP contribution is 2.33. The lowest BCUT2D eigenvalue weighted by Gasteiger charge is -2.24. The topological polar surface area (TPSA) is 41.6 Å². The van der Waals surface area contributed by atoms with Gasteiger partial charge in [-0.1, -0.05) is 18.2 Å². The molecule has 1 fully saturated rings. The van der Waals surface area contributed by atoms with Gasteiger partial charge in [-0.25, -0.2) is 0 Å². The van der Waals surface area contributed by atoms with Crippen molar-refractivity contribution in [3.63, 3.8) is 0 Å². The second-order valence-corrected chi connectivity index (χ2v) is 6.79. The van der Waals surface area contributed by atoms with Crippen molar-refractivity contribution in [3.05, 3.63) is 52.2 Å². The Hall–Kier alpha value is -1.85. The van der Waals surface area contributed by atoms with Gasteiger partial charge in [-0.15, -0.1) is 11.3 Å². The van der Waals surface area contributed by atoms with Crippen LogP contribution in [-0.4, -0.2) is 31.0 Å². The summed E-state index contributed by atoms with van der Waals surface area (Å²) in [5, 5.41) is 5.04. The van der Waals surface area contributed by atoms with Crippen LogP contribution in [0.4, 0.5) is 0 Å². The average Bonchev–Trinajstić information content (AvgIpc) is 3.24. The number of nitrogens with zero attached hydrogens (tertiary/aromatic N) is 1. The second kappa shape index (κ2) is 7.62. The second-order valence-electron chi connectivity index (χ2n) is 5.76. The fourth-order valence-corrected chi connectivity index (χ4v) is 3.73. The molecule has 0 saturated carbocycles. The maximum Gasteiger partial charge on any atom is 0.234 e. The van der Waals surface area contributed by atoms with Crippen molar-refractivity contribution < 1.29 is 9.53 Å². The molecule has 0 bridgehead atoms. The predicted octanol–water partition coefficient (Wildman–Crippen LogP) is 3.21. The molecule has 23 heavy (non-hydrogen) atoms. The quantitative estimate of drug-likeness (QED) is 0.884. The van der Waals surface area contributed by atoms with Gasteiger partial charge in [-0.3, -0.25) is 9.69 Å². The number of hydrogen-bond acceptors (Lipinski definition) is 4. The van der Waals surface area contributed by atoms with Crippen LogP contribution in [0.3, 0.4) is 0 Å². The van der Waals surface area contributed by atoms with E-state index < -0.39 is 0 Å².